The summed E-state index contributed by atoms with van der Waals surface area (Å²) in [5.41, 5.74) is 6.75. The molecule has 1 aromatic carbocycles. The molecular weight excluding hydrogens is 388 g/mol. The van der Waals surface area contributed by atoms with Crippen molar-refractivity contribution in [2.24, 2.45) is 0 Å². The standard InChI is InChI=1S/C22H26N2O4S/c25-21(15-8-10-17(11-9-15)28-14-18-6-4-12-27-18)23-24-22(26)20-13-16-5-2-1-3-7-19(16)29-20/h8-11,13,18H,1-7,12,14H2,(H,23,25)(H,24,26). The molecule has 2 heterocycles. The minimum atomic E-state index is -0.359. The maximum atomic E-state index is 12.4. The van der Waals surface area contributed by atoms with Crippen molar-refractivity contribution in [2.75, 3.05) is 13.2 Å². The van der Waals surface area contributed by atoms with Gasteiger partial charge in [0.25, 0.3) is 11.8 Å². The highest BCUT2D eigenvalue weighted by Gasteiger charge is 2.18. The summed E-state index contributed by atoms with van der Waals surface area (Å²) in [7, 11) is 0. The number of amides is 2. The zero-order chi connectivity index (χ0) is 20.1. The highest BCUT2D eigenvalue weighted by molar-refractivity contribution is 7.14. The first-order valence-corrected chi connectivity index (χ1v) is 11.1. The second-order valence-corrected chi connectivity index (χ2v) is 8.64. The molecular formula is C22H26N2O4S. The molecule has 1 unspecified atom stereocenters. The fraction of sp³-hybridized carbons (Fsp3) is 0.455. The number of ether oxygens (including phenoxy) is 2. The molecule has 2 N–H and O–H groups in total. The van der Waals surface area contributed by atoms with E-state index >= 15 is 0 Å². The summed E-state index contributed by atoms with van der Waals surface area (Å²) in [5, 5.41) is 0. The van der Waals surface area contributed by atoms with E-state index in [2.05, 4.69) is 10.9 Å². The van der Waals surface area contributed by atoms with Gasteiger partial charge in [-0.3, -0.25) is 20.4 Å². The van der Waals surface area contributed by atoms with Gasteiger partial charge in [0.15, 0.2) is 0 Å². The molecule has 1 aliphatic carbocycles. The lowest BCUT2D eigenvalue weighted by molar-refractivity contribution is 0.0679. The van der Waals surface area contributed by atoms with Gasteiger partial charge in [-0.2, -0.15) is 0 Å². The number of nitrogens with one attached hydrogen (secondary N) is 2. The number of hydrazine groups is 1. The van der Waals surface area contributed by atoms with Crippen LogP contribution in [0.3, 0.4) is 0 Å². The van der Waals surface area contributed by atoms with Crippen molar-refractivity contribution in [1.82, 2.24) is 10.9 Å². The molecule has 1 atom stereocenters. The van der Waals surface area contributed by atoms with E-state index in [4.69, 9.17) is 9.47 Å². The zero-order valence-corrected chi connectivity index (χ0v) is 17.2. The summed E-state index contributed by atoms with van der Waals surface area (Å²) >= 11 is 1.53. The van der Waals surface area contributed by atoms with Crippen molar-refractivity contribution in [3.05, 3.63) is 51.2 Å². The third-order valence-electron chi connectivity index (χ3n) is 5.34. The van der Waals surface area contributed by atoms with E-state index in [-0.39, 0.29) is 17.9 Å². The molecule has 29 heavy (non-hydrogen) atoms. The van der Waals surface area contributed by atoms with Gasteiger partial charge in [-0.05, 0) is 74.4 Å². The Morgan fingerprint density at radius 3 is 2.62 bits per heavy atom. The predicted molar refractivity (Wildman–Crippen MR) is 111 cm³/mol. The fourth-order valence-corrected chi connectivity index (χ4v) is 4.84. The van der Waals surface area contributed by atoms with Crippen molar-refractivity contribution >= 4 is 23.2 Å². The minimum Gasteiger partial charge on any atom is -0.491 e. The van der Waals surface area contributed by atoms with Crippen molar-refractivity contribution in [3.8, 4) is 5.75 Å². The Hall–Kier alpha value is -2.38. The van der Waals surface area contributed by atoms with Crippen LogP contribution >= 0.6 is 11.3 Å². The maximum Gasteiger partial charge on any atom is 0.279 e. The van der Waals surface area contributed by atoms with Gasteiger partial charge in [0.1, 0.15) is 12.4 Å². The Balaban J connectivity index is 1.27. The Bertz CT molecular complexity index is 833. The van der Waals surface area contributed by atoms with E-state index in [1.807, 2.05) is 6.07 Å². The summed E-state index contributed by atoms with van der Waals surface area (Å²) in [6, 6.07) is 8.83. The molecule has 0 saturated carbocycles. The Morgan fingerprint density at radius 1 is 1.03 bits per heavy atom. The minimum absolute atomic E-state index is 0.153. The van der Waals surface area contributed by atoms with E-state index in [9.17, 15) is 9.59 Å². The number of rotatable bonds is 5. The first kappa shape index (κ1) is 19.9. The van der Waals surface area contributed by atoms with Gasteiger partial charge in [0, 0.05) is 17.0 Å². The number of thiophene rings is 1. The highest BCUT2D eigenvalue weighted by Crippen LogP contribution is 2.28. The van der Waals surface area contributed by atoms with E-state index in [0.717, 1.165) is 32.3 Å². The maximum absolute atomic E-state index is 12.4. The lowest BCUT2D eigenvalue weighted by Crippen LogP contribution is -2.41. The molecule has 154 valence electrons. The van der Waals surface area contributed by atoms with Gasteiger partial charge in [-0.25, -0.2) is 0 Å². The summed E-state index contributed by atoms with van der Waals surface area (Å²) < 4.78 is 11.2. The molecule has 0 spiro atoms. The largest absolute Gasteiger partial charge is 0.491 e. The molecule has 6 nitrogen and oxygen atoms in total. The third kappa shape index (κ3) is 5.16. The van der Waals surface area contributed by atoms with Crippen LogP contribution in [0, 0.1) is 0 Å². The average Bonchev–Trinajstić information content (AvgIpc) is 3.36. The van der Waals surface area contributed by atoms with E-state index in [1.165, 1.54) is 41.0 Å². The number of hydrogen-bond acceptors (Lipinski definition) is 5. The molecule has 2 amide bonds. The average molecular weight is 415 g/mol. The van der Waals surface area contributed by atoms with Gasteiger partial charge in [-0.15, -0.1) is 11.3 Å². The van der Waals surface area contributed by atoms with E-state index in [0.29, 0.717) is 22.8 Å². The number of fused-ring (bicyclic) bond motifs is 1. The Labute approximate surface area is 174 Å². The first-order chi connectivity index (χ1) is 14.2. The quantitative estimate of drug-likeness (QED) is 0.578. The van der Waals surface area contributed by atoms with Crippen molar-refractivity contribution in [1.29, 1.82) is 0 Å². The van der Waals surface area contributed by atoms with Crippen LogP contribution in [-0.2, 0) is 17.6 Å². The number of carbonyl (C=O) groups excluding carboxylic acids is 2. The summed E-state index contributed by atoms with van der Waals surface area (Å²) in [6.45, 7) is 1.32. The van der Waals surface area contributed by atoms with Crippen molar-refractivity contribution < 1.29 is 19.1 Å². The SMILES string of the molecule is O=C(NNC(=O)c1cc2c(s1)CCCCC2)c1ccc(OCC2CCCO2)cc1. The van der Waals surface area contributed by atoms with Crippen LogP contribution < -0.4 is 15.6 Å². The van der Waals surface area contributed by atoms with Gasteiger partial charge >= 0.3 is 0 Å². The van der Waals surface area contributed by atoms with Gasteiger partial charge in [-0.1, -0.05) is 6.42 Å². The van der Waals surface area contributed by atoms with Crippen LogP contribution in [-0.4, -0.2) is 31.1 Å². The number of carbonyl (C=O) groups is 2. The zero-order valence-electron chi connectivity index (χ0n) is 16.4. The second-order valence-electron chi connectivity index (χ2n) is 7.50. The van der Waals surface area contributed by atoms with E-state index in [1.54, 1.807) is 24.3 Å². The van der Waals surface area contributed by atoms with Crippen molar-refractivity contribution in [3.63, 3.8) is 0 Å². The number of hydrogen-bond donors (Lipinski definition) is 2. The monoisotopic (exact) mass is 414 g/mol. The normalized spacial score (nSPS) is 18.6. The molecule has 1 saturated heterocycles. The van der Waals surface area contributed by atoms with Crippen LogP contribution in [0.1, 0.15) is 62.6 Å². The first-order valence-electron chi connectivity index (χ1n) is 10.3. The second kappa shape index (κ2) is 9.41. The number of aryl methyl sites for hydroxylation is 2. The molecule has 1 aromatic heterocycles. The molecule has 2 aliphatic rings. The topological polar surface area (TPSA) is 76.7 Å². The van der Waals surface area contributed by atoms with Gasteiger partial charge in [0.05, 0.1) is 11.0 Å². The van der Waals surface area contributed by atoms with Gasteiger partial charge < -0.3 is 9.47 Å². The smallest absolute Gasteiger partial charge is 0.279 e. The summed E-state index contributed by atoms with van der Waals surface area (Å²) in [6.07, 6.45) is 7.93. The van der Waals surface area contributed by atoms with Crippen LogP contribution in [0.15, 0.2) is 30.3 Å². The summed E-state index contributed by atoms with van der Waals surface area (Å²) in [4.78, 5) is 26.7. The van der Waals surface area contributed by atoms with Crippen LogP contribution in [0.2, 0.25) is 0 Å². The third-order valence-corrected chi connectivity index (χ3v) is 6.57. The molecule has 0 bridgehead atoms. The summed E-state index contributed by atoms with van der Waals surface area (Å²) in [5.74, 6) is 0.0660. The predicted octanol–water partition coefficient (Wildman–Crippen LogP) is 3.65. The molecule has 0 radical (unpaired) electrons. The van der Waals surface area contributed by atoms with E-state index < -0.39 is 0 Å². The fourth-order valence-electron chi connectivity index (χ4n) is 3.69. The lowest BCUT2D eigenvalue weighted by Gasteiger charge is -2.12. The Morgan fingerprint density at radius 2 is 1.83 bits per heavy atom. The molecule has 4 rings (SSSR count). The van der Waals surface area contributed by atoms with Crippen LogP contribution in [0.25, 0.3) is 0 Å². The van der Waals surface area contributed by atoms with Crippen LogP contribution in [0.5, 0.6) is 5.75 Å². The van der Waals surface area contributed by atoms with Gasteiger partial charge in [0.2, 0.25) is 0 Å². The molecule has 1 aliphatic heterocycles. The molecule has 1 fully saturated rings. The lowest BCUT2D eigenvalue weighted by atomic mass is 10.1. The molecule has 7 heteroatoms. The highest BCUT2D eigenvalue weighted by atomic mass is 32.1. The van der Waals surface area contributed by atoms with Crippen LogP contribution in [0.4, 0.5) is 0 Å². The Kier molecular flexibility index (Phi) is 6.46. The van der Waals surface area contributed by atoms with Crippen molar-refractivity contribution in [2.45, 2.75) is 51.0 Å². The number of benzene rings is 1. The molecule has 2 aromatic rings.